The van der Waals surface area contributed by atoms with Gasteiger partial charge in [-0.3, -0.25) is 0 Å². The quantitative estimate of drug-likeness (QED) is 0.499. The lowest BCUT2D eigenvalue weighted by molar-refractivity contribution is 0.304. The van der Waals surface area contributed by atoms with Crippen LogP contribution in [0.5, 0.6) is 5.75 Å². The average molecular weight is 379 g/mol. The maximum atomic E-state index is 5.91. The van der Waals surface area contributed by atoms with Crippen LogP contribution in [-0.2, 0) is 12.0 Å². The highest BCUT2D eigenvalue weighted by atomic mass is 32.1. The number of ether oxygens (including phenoxy) is 1. The normalized spacial score (nSPS) is 11.9. The van der Waals surface area contributed by atoms with Gasteiger partial charge in [-0.2, -0.15) is 9.61 Å². The Balaban J connectivity index is 1.53. The van der Waals surface area contributed by atoms with Crippen LogP contribution < -0.4 is 4.74 Å². The van der Waals surface area contributed by atoms with Crippen LogP contribution in [0.1, 0.15) is 36.9 Å². The van der Waals surface area contributed by atoms with Crippen LogP contribution in [0.2, 0.25) is 0 Å². The van der Waals surface area contributed by atoms with E-state index in [2.05, 4.69) is 61.2 Å². The van der Waals surface area contributed by atoms with E-state index in [0.717, 1.165) is 32.7 Å². The number of nitrogens with zero attached hydrogens (tertiary/aromatic N) is 4. The molecule has 0 atom stereocenters. The van der Waals surface area contributed by atoms with Gasteiger partial charge >= 0.3 is 0 Å². The van der Waals surface area contributed by atoms with Gasteiger partial charge in [-0.05, 0) is 35.6 Å². The summed E-state index contributed by atoms with van der Waals surface area (Å²) >= 11 is 1.50. The molecule has 0 radical (unpaired) electrons. The highest BCUT2D eigenvalue weighted by Gasteiger charge is 2.16. The van der Waals surface area contributed by atoms with Crippen molar-refractivity contribution in [1.82, 2.24) is 19.8 Å². The highest BCUT2D eigenvalue weighted by Crippen LogP contribution is 2.26. The summed E-state index contributed by atoms with van der Waals surface area (Å²) < 4.78 is 7.71. The molecule has 27 heavy (non-hydrogen) atoms. The van der Waals surface area contributed by atoms with E-state index in [-0.39, 0.29) is 5.41 Å². The second-order valence-electron chi connectivity index (χ2n) is 7.59. The molecular formula is C21H22N4OS. The average Bonchev–Trinajstić information content (AvgIpc) is 3.20. The molecule has 4 rings (SSSR count). The fraction of sp³-hybridized carbons (Fsp3) is 0.286. The molecule has 2 aromatic heterocycles. The maximum absolute atomic E-state index is 5.91. The molecule has 0 saturated heterocycles. The minimum absolute atomic E-state index is 0.137. The van der Waals surface area contributed by atoms with E-state index in [9.17, 15) is 0 Å². The number of aromatic nitrogens is 4. The molecule has 4 aromatic rings. The molecule has 2 heterocycles. The van der Waals surface area contributed by atoms with Crippen molar-refractivity contribution < 1.29 is 4.74 Å². The first-order valence-corrected chi connectivity index (χ1v) is 9.74. The van der Waals surface area contributed by atoms with E-state index in [0.29, 0.717) is 6.61 Å². The molecule has 0 fully saturated rings. The van der Waals surface area contributed by atoms with Crippen molar-refractivity contribution in [2.24, 2.45) is 0 Å². The van der Waals surface area contributed by atoms with Crippen molar-refractivity contribution in [3.05, 3.63) is 64.7 Å². The van der Waals surface area contributed by atoms with E-state index in [1.807, 2.05) is 30.3 Å². The summed E-state index contributed by atoms with van der Waals surface area (Å²) in [6.07, 6.45) is 0. The van der Waals surface area contributed by atoms with Crippen LogP contribution in [-0.4, -0.2) is 19.8 Å². The van der Waals surface area contributed by atoms with Gasteiger partial charge in [-0.15, -0.1) is 10.2 Å². The van der Waals surface area contributed by atoms with Gasteiger partial charge < -0.3 is 4.74 Å². The van der Waals surface area contributed by atoms with Crippen LogP contribution in [0.15, 0.2) is 48.5 Å². The third-order valence-electron chi connectivity index (χ3n) is 4.50. The number of rotatable bonds is 4. The highest BCUT2D eigenvalue weighted by molar-refractivity contribution is 7.16. The second-order valence-corrected chi connectivity index (χ2v) is 8.63. The van der Waals surface area contributed by atoms with Crippen molar-refractivity contribution in [3.8, 4) is 17.1 Å². The predicted octanol–water partition coefficient (Wildman–Crippen LogP) is 5.04. The zero-order chi connectivity index (χ0) is 19.0. The maximum Gasteiger partial charge on any atom is 0.235 e. The van der Waals surface area contributed by atoms with Crippen LogP contribution in [0.3, 0.4) is 0 Å². The summed E-state index contributed by atoms with van der Waals surface area (Å²) in [5.74, 6) is 1.60. The molecule has 0 aliphatic heterocycles. The van der Waals surface area contributed by atoms with Gasteiger partial charge in [0.2, 0.25) is 4.96 Å². The van der Waals surface area contributed by atoms with E-state index < -0.39 is 0 Å². The van der Waals surface area contributed by atoms with Gasteiger partial charge in [-0.1, -0.05) is 68.5 Å². The lowest BCUT2D eigenvalue weighted by Gasteiger charge is -2.19. The summed E-state index contributed by atoms with van der Waals surface area (Å²) in [6.45, 7) is 9.08. The van der Waals surface area contributed by atoms with E-state index in [1.165, 1.54) is 16.9 Å². The van der Waals surface area contributed by atoms with Crippen molar-refractivity contribution in [2.45, 2.75) is 39.7 Å². The molecule has 0 aliphatic carbocycles. The molecule has 5 nitrogen and oxygen atoms in total. The van der Waals surface area contributed by atoms with Crippen LogP contribution in [0.4, 0.5) is 0 Å². The molecule has 0 N–H and O–H groups in total. The topological polar surface area (TPSA) is 52.3 Å². The van der Waals surface area contributed by atoms with E-state index in [4.69, 9.17) is 4.74 Å². The van der Waals surface area contributed by atoms with Crippen LogP contribution >= 0.6 is 11.3 Å². The van der Waals surface area contributed by atoms with Crippen LogP contribution in [0, 0.1) is 6.92 Å². The molecule has 138 valence electrons. The Morgan fingerprint density at radius 1 is 1.00 bits per heavy atom. The smallest absolute Gasteiger partial charge is 0.235 e. The Morgan fingerprint density at radius 2 is 1.74 bits per heavy atom. The Labute approximate surface area is 162 Å². The number of fused-ring (bicyclic) bond motifs is 1. The summed E-state index contributed by atoms with van der Waals surface area (Å²) in [7, 11) is 0. The first-order chi connectivity index (χ1) is 12.9. The van der Waals surface area contributed by atoms with Crippen molar-refractivity contribution in [3.63, 3.8) is 0 Å². The first kappa shape index (κ1) is 17.7. The molecule has 0 amide bonds. The van der Waals surface area contributed by atoms with Gasteiger partial charge in [-0.25, -0.2) is 0 Å². The van der Waals surface area contributed by atoms with Crippen molar-refractivity contribution in [1.29, 1.82) is 0 Å². The Kier molecular flexibility index (Phi) is 4.44. The largest absolute Gasteiger partial charge is 0.486 e. The fourth-order valence-corrected chi connectivity index (χ4v) is 3.65. The second kappa shape index (κ2) is 6.78. The van der Waals surface area contributed by atoms with E-state index >= 15 is 0 Å². The fourth-order valence-electron chi connectivity index (χ4n) is 2.90. The Hall–Kier alpha value is -2.73. The van der Waals surface area contributed by atoms with Gasteiger partial charge in [0.1, 0.15) is 12.4 Å². The predicted molar refractivity (Wildman–Crippen MR) is 108 cm³/mol. The molecular weight excluding hydrogens is 356 g/mol. The minimum atomic E-state index is 0.137. The van der Waals surface area contributed by atoms with Gasteiger partial charge in [0.25, 0.3) is 0 Å². The van der Waals surface area contributed by atoms with E-state index in [1.54, 1.807) is 4.52 Å². The lowest BCUT2D eigenvalue weighted by Crippen LogP contribution is -2.10. The summed E-state index contributed by atoms with van der Waals surface area (Å²) in [5, 5.41) is 14.1. The third kappa shape index (κ3) is 3.57. The van der Waals surface area contributed by atoms with Crippen molar-refractivity contribution >= 4 is 16.3 Å². The third-order valence-corrected chi connectivity index (χ3v) is 5.37. The summed E-state index contributed by atoms with van der Waals surface area (Å²) in [4.78, 5) is 0.773. The SMILES string of the molecule is Cc1ccccc1-c1nnc2sc(COc3ccc(C(C)(C)C)cc3)nn12. The summed E-state index contributed by atoms with van der Waals surface area (Å²) in [5.41, 5.74) is 3.62. The number of hydrogen-bond acceptors (Lipinski definition) is 5. The molecule has 6 heteroatoms. The van der Waals surface area contributed by atoms with Crippen LogP contribution in [0.25, 0.3) is 16.3 Å². The molecule has 2 aromatic carbocycles. The lowest BCUT2D eigenvalue weighted by atomic mass is 9.87. The van der Waals surface area contributed by atoms with Gasteiger partial charge in [0.05, 0.1) is 0 Å². The molecule has 0 aliphatic rings. The minimum Gasteiger partial charge on any atom is -0.486 e. The zero-order valence-corrected chi connectivity index (χ0v) is 16.7. The number of hydrogen-bond donors (Lipinski definition) is 0. The van der Waals surface area contributed by atoms with Gasteiger partial charge in [0, 0.05) is 5.56 Å². The first-order valence-electron chi connectivity index (χ1n) is 8.92. The van der Waals surface area contributed by atoms with Gasteiger partial charge in [0.15, 0.2) is 10.8 Å². The van der Waals surface area contributed by atoms with Crippen molar-refractivity contribution in [2.75, 3.05) is 0 Å². The molecule has 0 saturated carbocycles. The summed E-state index contributed by atoms with van der Waals surface area (Å²) in [6, 6.07) is 16.4. The molecule has 0 unspecified atom stereocenters. The Bertz CT molecular complexity index is 1070. The standard InChI is InChI=1S/C21H22N4OS/c1-14-7-5-6-8-17(14)19-22-23-20-25(19)24-18(27-20)13-26-16-11-9-15(10-12-16)21(2,3)4/h5-12H,13H2,1-4H3. The molecule has 0 spiro atoms. The molecule has 0 bridgehead atoms. The number of benzene rings is 2. The zero-order valence-electron chi connectivity index (χ0n) is 15.9. The Morgan fingerprint density at radius 3 is 2.44 bits per heavy atom. The number of aryl methyl sites for hydroxylation is 1. The monoisotopic (exact) mass is 378 g/mol.